The molecule has 2 aromatic carbocycles. The third kappa shape index (κ3) is 5.81. The van der Waals surface area contributed by atoms with Crippen molar-refractivity contribution >= 4 is 17.5 Å². The molecular formula is C21H25FN2O3. The highest BCUT2D eigenvalue weighted by Gasteiger charge is 2.22. The van der Waals surface area contributed by atoms with Gasteiger partial charge in [0.2, 0.25) is 0 Å². The Bertz CT molecular complexity index is 780. The molecule has 1 atom stereocenters. The Kier molecular flexibility index (Phi) is 7.79. The fraction of sp³-hybridized carbons (Fsp3) is 0.333. The molecule has 0 unspecified atom stereocenters. The smallest absolute Gasteiger partial charge is 0.265 e. The fourth-order valence-corrected chi connectivity index (χ4v) is 2.49. The van der Waals surface area contributed by atoms with Gasteiger partial charge in [0.25, 0.3) is 11.8 Å². The van der Waals surface area contributed by atoms with Crippen molar-refractivity contribution < 1.29 is 18.7 Å². The lowest BCUT2D eigenvalue weighted by molar-refractivity contribution is -0.122. The van der Waals surface area contributed by atoms with E-state index >= 15 is 0 Å². The average Bonchev–Trinajstić information content (AvgIpc) is 2.67. The molecule has 0 saturated heterocycles. The van der Waals surface area contributed by atoms with Crippen LogP contribution in [0.25, 0.3) is 0 Å². The van der Waals surface area contributed by atoms with E-state index in [1.165, 1.54) is 12.1 Å². The Labute approximate surface area is 158 Å². The second-order valence-electron chi connectivity index (χ2n) is 6.09. The zero-order chi connectivity index (χ0) is 19.6. The Hall–Kier alpha value is -2.89. The number of benzene rings is 2. The standard InChI is InChI=1S/C21H25FN2O3/c1-3-5-14-23-20(25)15-10-6-8-12-17(15)24-21(26)18(4-2)27-19-13-9-7-11-16(19)22/h6-13,18H,3-5,14H2,1-2H3,(H,23,25)(H,24,26)/t18-/m1/s1. The maximum absolute atomic E-state index is 13.8. The van der Waals surface area contributed by atoms with Crippen LogP contribution >= 0.6 is 0 Å². The number of carbonyl (C=O) groups is 2. The van der Waals surface area contributed by atoms with Gasteiger partial charge in [0, 0.05) is 6.54 Å². The first-order chi connectivity index (χ1) is 13.1. The Morgan fingerprint density at radius 3 is 2.48 bits per heavy atom. The van der Waals surface area contributed by atoms with Crippen LogP contribution in [-0.2, 0) is 4.79 Å². The first-order valence-electron chi connectivity index (χ1n) is 9.16. The minimum Gasteiger partial charge on any atom is -0.478 e. The highest BCUT2D eigenvalue weighted by Crippen LogP contribution is 2.20. The normalized spacial score (nSPS) is 11.5. The first kappa shape index (κ1) is 20.4. The number of hydrogen-bond acceptors (Lipinski definition) is 3. The van der Waals surface area contributed by atoms with Crippen molar-refractivity contribution in [2.45, 2.75) is 39.2 Å². The molecule has 0 saturated carbocycles. The summed E-state index contributed by atoms with van der Waals surface area (Å²) in [5, 5.41) is 5.56. The molecule has 5 nitrogen and oxygen atoms in total. The number of nitrogens with one attached hydrogen (secondary N) is 2. The first-order valence-corrected chi connectivity index (χ1v) is 9.16. The van der Waals surface area contributed by atoms with Crippen molar-refractivity contribution in [1.29, 1.82) is 0 Å². The zero-order valence-corrected chi connectivity index (χ0v) is 15.6. The van der Waals surface area contributed by atoms with Gasteiger partial charge in [-0.05, 0) is 37.1 Å². The van der Waals surface area contributed by atoms with E-state index < -0.39 is 17.8 Å². The molecule has 0 aliphatic carbocycles. The molecule has 0 aliphatic heterocycles. The number of halogens is 1. The summed E-state index contributed by atoms with van der Waals surface area (Å²) in [7, 11) is 0. The molecule has 0 radical (unpaired) electrons. The zero-order valence-electron chi connectivity index (χ0n) is 15.6. The quantitative estimate of drug-likeness (QED) is 0.650. The minimum atomic E-state index is -0.877. The Balaban J connectivity index is 2.09. The van der Waals surface area contributed by atoms with Gasteiger partial charge in [0.05, 0.1) is 11.3 Å². The van der Waals surface area contributed by atoms with E-state index in [1.807, 2.05) is 6.92 Å². The van der Waals surface area contributed by atoms with Gasteiger partial charge in [0.1, 0.15) is 0 Å². The number of unbranched alkanes of at least 4 members (excludes halogenated alkanes) is 1. The molecule has 6 heteroatoms. The van der Waals surface area contributed by atoms with Crippen molar-refractivity contribution in [1.82, 2.24) is 5.32 Å². The van der Waals surface area contributed by atoms with Crippen LogP contribution in [0.4, 0.5) is 10.1 Å². The summed E-state index contributed by atoms with van der Waals surface area (Å²) in [4.78, 5) is 25.0. The Morgan fingerprint density at radius 2 is 1.78 bits per heavy atom. The summed E-state index contributed by atoms with van der Waals surface area (Å²) in [6.07, 6.45) is 1.34. The van der Waals surface area contributed by atoms with Gasteiger partial charge in [-0.25, -0.2) is 4.39 Å². The van der Waals surface area contributed by atoms with E-state index in [0.29, 0.717) is 24.2 Å². The van der Waals surface area contributed by atoms with Crippen LogP contribution < -0.4 is 15.4 Å². The molecule has 2 rings (SSSR count). The van der Waals surface area contributed by atoms with E-state index in [-0.39, 0.29) is 11.7 Å². The molecule has 0 bridgehead atoms. The second kappa shape index (κ2) is 10.3. The molecule has 0 aliphatic rings. The largest absolute Gasteiger partial charge is 0.478 e. The monoisotopic (exact) mass is 372 g/mol. The summed E-state index contributed by atoms with van der Waals surface area (Å²) < 4.78 is 19.3. The van der Waals surface area contributed by atoms with E-state index in [9.17, 15) is 14.0 Å². The maximum Gasteiger partial charge on any atom is 0.265 e. The minimum absolute atomic E-state index is 0.0186. The molecule has 2 aromatic rings. The average molecular weight is 372 g/mol. The highest BCUT2D eigenvalue weighted by molar-refractivity contribution is 6.04. The lowest BCUT2D eigenvalue weighted by Crippen LogP contribution is -2.34. The molecule has 144 valence electrons. The van der Waals surface area contributed by atoms with Crippen molar-refractivity contribution in [3.63, 3.8) is 0 Å². The molecular weight excluding hydrogens is 347 g/mol. The predicted molar refractivity (Wildman–Crippen MR) is 103 cm³/mol. The van der Waals surface area contributed by atoms with Gasteiger partial charge >= 0.3 is 0 Å². The number of ether oxygens (including phenoxy) is 1. The van der Waals surface area contributed by atoms with Gasteiger partial charge in [-0.3, -0.25) is 9.59 Å². The summed E-state index contributed by atoms with van der Waals surface area (Å²) >= 11 is 0. The van der Waals surface area contributed by atoms with E-state index in [1.54, 1.807) is 43.3 Å². The Morgan fingerprint density at radius 1 is 1.07 bits per heavy atom. The van der Waals surface area contributed by atoms with Gasteiger partial charge in [-0.15, -0.1) is 0 Å². The third-order valence-electron chi connectivity index (χ3n) is 4.01. The molecule has 0 aromatic heterocycles. The maximum atomic E-state index is 13.8. The molecule has 0 spiro atoms. The van der Waals surface area contributed by atoms with Crippen LogP contribution in [-0.4, -0.2) is 24.5 Å². The van der Waals surface area contributed by atoms with Crippen molar-refractivity contribution in [3.05, 3.63) is 59.9 Å². The number of amides is 2. The SMILES string of the molecule is CCCCNC(=O)c1ccccc1NC(=O)[C@@H](CC)Oc1ccccc1F. The predicted octanol–water partition coefficient (Wildman–Crippen LogP) is 4.15. The van der Waals surface area contributed by atoms with Gasteiger partial charge in [-0.1, -0.05) is 44.5 Å². The fourth-order valence-electron chi connectivity index (χ4n) is 2.49. The topological polar surface area (TPSA) is 67.4 Å². The van der Waals surface area contributed by atoms with E-state index in [4.69, 9.17) is 4.74 Å². The number of carbonyl (C=O) groups excluding carboxylic acids is 2. The number of para-hydroxylation sites is 2. The third-order valence-corrected chi connectivity index (χ3v) is 4.01. The van der Waals surface area contributed by atoms with Crippen LogP contribution in [0.1, 0.15) is 43.5 Å². The number of hydrogen-bond donors (Lipinski definition) is 2. The van der Waals surface area contributed by atoms with Gasteiger partial charge in [-0.2, -0.15) is 0 Å². The molecule has 0 fully saturated rings. The van der Waals surface area contributed by atoms with Gasteiger partial charge < -0.3 is 15.4 Å². The number of rotatable bonds is 9. The molecule has 2 N–H and O–H groups in total. The lowest BCUT2D eigenvalue weighted by Gasteiger charge is -2.18. The van der Waals surface area contributed by atoms with Crippen LogP contribution in [0.15, 0.2) is 48.5 Å². The van der Waals surface area contributed by atoms with Crippen LogP contribution in [0.5, 0.6) is 5.75 Å². The second-order valence-corrected chi connectivity index (χ2v) is 6.09. The molecule has 2 amide bonds. The van der Waals surface area contributed by atoms with Crippen LogP contribution in [0.2, 0.25) is 0 Å². The lowest BCUT2D eigenvalue weighted by atomic mass is 10.1. The van der Waals surface area contributed by atoms with Crippen molar-refractivity contribution in [3.8, 4) is 5.75 Å². The van der Waals surface area contributed by atoms with Crippen LogP contribution in [0, 0.1) is 5.82 Å². The van der Waals surface area contributed by atoms with Gasteiger partial charge in [0.15, 0.2) is 17.7 Å². The van der Waals surface area contributed by atoms with E-state index in [2.05, 4.69) is 10.6 Å². The molecule has 0 heterocycles. The van der Waals surface area contributed by atoms with Crippen molar-refractivity contribution in [2.24, 2.45) is 0 Å². The van der Waals surface area contributed by atoms with Crippen molar-refractivity contribution in [2.75, 3.05) is 11.9 Å². The summed E-state index contributed by atoms with van der Waals surface area (Å²) in [6, 6.07) is 12.7. The summed E-state index contributed by atoms with van der Waals surface area (Å²) in [6.45, 7) is 4.39. The highest BCUT2D eigenvalue weighted by atomic mass is 19.1. The number of anilines is 1. The summed E-state index contributed by atoms with van der Waals surface area (Å²) in [5.74, 6) is -1.19. The molecule has 27 heavy (non-hydrogen) atoms. The van der Waals surface area contributed by atoms with E-state index in [0.717, 1.165) is 12.8 Å². The summed E-state index contributed by atoms with van der Waals surface area (Å²) in [5.41, 5.74) is 0.773. The van der Waals surface area contributed by atoms with Crippen LogP contribution in [0.3, 0.4) is 0 Å².